The summed E-state index contributed by atoms with van der Waals surface area (Å²) in [5, 5.41) is 14.5. The molecule has 4 aromatic rings. The molecular formula is C27H24Cl4N4O4. The molecule has 0 saturated carbocycles. The summed E-state index contributed by atoms with van der Waals surface area (Å²) in [6.45, 7) is 4.23. The van der Waals surface area contributed by atoms with Crippen LogP contribution in [0.25, 0.3) is 11.0 Å². The molecule has 12 heteroatoms. The number of hydrogen-bond donors (Lipinski definition) is 2. The fourth-order valence-corrected chi connectivity index (χ4v) is 5.50. The van der Waals surface area contributed by atoms with Gasteiger partial charge < -0.3 is 29.6 Å². The zero-order valence-corrected chi connectivity index (χ0v) is 23.5. The fourth-order valence-electron chi connectivity index (χ4n) is 4.58. The van der Waals surface area contributed by atoms with E-state index in [0.717, 1.165) is 5.56 Å². The normalized spacial score (nSPS) is 22.9. The van der Waals surface area contributed by atoms with Gasteiger partial charge in [0.05, 0.1) is 25.2 Å². The highest BCUT2D eigenvalue weighted by atomic mass is 35.5. The molecule has 0 aliphatic carbocycles. The molecule has 3 heterocycles. The summed E-state index contributed by atoms with van der Waals surface area (Å²) in [5.41, 5.74) is 6.28. The predicted molar refractivity (Wildman–Crippen MR) is 152 cm³/mol. The van der Waals surface area contributed by atoms with Gasteiger partial charge in [-0.25, -0.2) is 9.97 Å². The first-order valence-corrected chi connectivity index (χ1v) is 13.4. The third-order valence-corrected chi connectivity index (χ3v) is 7.77. The smallest absolute Gasteiger partial charge is 0.171 e. The van der Waals surface area contributed by atoms with E-state index in [4.69, 9.17) is 66.3 Å². The molecule has 2 aromatic carbocycles. The van der Waals surface area contributed by atoms with Gasteiger partial charge in [0.15, 0.2) is 11.8 Å². The summed E-state index contributed by atoms with van der Waals surface area (Å²) in [6, 6.07) is 12.0. The number of halogens is 4. The lowest BCUT2D eigenvalue weighted by atomic mass is 9.93. The molecule has 1 fully saturated rings. The van der Waals surface area contributed by atoms with Crippen LogP contribution < -0.4 is 5.73 Å². The molecule has 0 spiro atoms. The maximum atomic E-state index is 12.0. The first-order chi connectivity index (χ1) is 18.7. The van der Waals surface area contributed by atoms with Gasteiger partial charge in [0.2, 0.25) is 0 Å². The van der Waals surface area contributed by atoms with Gasteiger partial charge in [-0.15, -0.1) is 0 Å². The van der Waals surface area contributed by atoms with Crippen LogP contribution in [0.3, 0.4) is 0 Å². The van der Waals surface area contributed by atoms with Crippen LogP contribution in [0.1, 0.15) is 17.4 Å². The molecule has 1 aliphatic heterocycles. The number of aromatic nitrogens is 3. The summed E-state index contributed by atoms with van der Waals surface area (Å²) in [4.78, 5) is 8.38. The van der Waals surface area contributed by atoms with Crippen LogP contribution in [0.2, 0.25) is 20.1 Å². The molecule has 204 valence electrons. The van der Waals surface area contributed by atoms with Crippen LogP contribution in [0, 0.1) is 0 Å². The van der Waals surface area contributed by atoms with Gasteiger partial charge in [-0.05, 0) is 41.5 Å². The van der Waals surface area contributed by atoms with Gasteiger partial charge in [0, 0.05) is 26.3 Å². The largest absolute Gasteiger partial charge is 0.383 e. The molecule has 1 aliphatic rings. The molecule has 1 saturated heterocycles. The van der Waals surface area contributed by atoms with Crippen molar-refractivity contribution in [3.63, 3.8) is 0 Å². The maximum Gasteiger partial charge on any atom is 0.171 e. The SMILES string of the molecule is C=C[C@]1(O)C(n2ccc3c(N)ncnc32)O[C@H](COCc2ccc(Cl)cc2Cl)[C@H]1OCc1ccc(Cl)cc1Cl. The lowest BCUT2D eigenvalue weighted by Crippen LogP contribution is -2.47. The van der Waals surface area contributed by atoms with E-state index < -0.39 is 24.0 Å². The second-order valence-electron chi connectivity index (χ2n) is 9.06. The summed E-state index contributed by atoms with van der Waals surface area (Å²) in [7, 11) is 0. The van der Waals surface area contributed by atoms with Crippen molar-refractivity contribution in [1.29, 1.82) is 0 Å². The number of anilines is 1. The number of benzene rings is 2. The number of ether oxygens (including phenoxy) is 3. The van der Waals surface area contributed by atoms with Crippen molar-refractivity contribution < 1.29 is 19.3 Å². The minimum Gasteiger partial charge on any atom is -0.383 e. The van der Waals surface area contributed by atoms with Crippen molar-refractivity contribution in [2.24, 2.45) is 0 Å². The number of fused-ring (bicyclic) bond motifs is 1. The van der Waals surface area contributed by atoms with E-state index in [9.17, 15) is 5.11 Å². The lowest BCUT2D eigenvalue weighted by molar-refractivity contribution is -0.0948. The molecule has 1 unspecified atom stereocenters. The molecule has 8 nitrogen and oxygen atoms in total. The van der Waals surface area contributed by atoms with Gasteiger partial charge in [-0.2, -0.15) is 0 Å². The van der Waals surface area contributed by atoms with Crippen molar-refractivity contribution in [2.45, 2.75) is 37.3 Å². The Morgan fingerprint density at radius 3 is 2.33 bits per heavy atom. The van der Waals surface area contributed by atoms with E-state index in [-0.39, 0.29) is 19.8 Å². The number of nitrogens with two attached hydrogens (primary N) is 1. The average molecular weight is 610 g/mol. The van der Waals surface area contributed by atoms with Crippen LogP contribution in [-0.4, -0.2) is 44.1 Å². The number of aliphatic hydroxyl groups is 1. The molecule has 0 radical (unpaired) electrons. The topological polar surface area (TPSA) is 105 Å². The first-order valence-electron chi connectivity index (χ1n) is 11.9. The van der Waals surface area contributed by atoms with Crippen molar-refractivity contribution >= 4 is 63.3 Å². The van der Waals surface area contributed by atoms with Crippen LogP contribution >= 0.6 is 46.4 Å². The van der Waals surface area contributed by atoms with Gasteiger partial charge >= 0.3 is 0 Å². The first kappa shape index (κ1) is 28.1. The Morgan fingerprint density at radius 2 is 1.69 bits per heavy atom. The standard InChI is InChI=1S/C27H24Cl4N4O4/c1-2-27(36)23(38-12-16-4-6-18(29)10-21(16)31)22(13-37-11-15-3-5-17(28)9-20(15)30)39-26(27)35-8-7-19-24(32)33-14-34-25(19)35/h2-10,14,22-23,26,36H,1,11-13H2,(H2,32,33,34)/t22-,23-,26?,27-/m1/s1. The maximum absolute atomic E-state index is 12.0. The van der Waals surface area contributed by atoms with Crippen molar-refractivity contribution in [3.8, 4) is 0 Å². The van der Waals surface area contributed by atoms with Gasteiger partial charge in [-0.1, -0.05) is 71.2 Å². The van der Waals surface area contributed by atoms with E-state index in [1.165, 1.54) is 12.4 Å². The van der Waals surface area contributed by atoms with E-state index in [2.05, 4.69) is 16.5 Å². The predicted octanol–water partition coefficient (Wildman–Crippen LogP) is 6.24. The summed E-state index contributed by atoms with van der Waals surface area (Å²) < 4.78 is 20.3. The third kappa shape index (κ3) is 5.62. The highest BCUT2D eigenvalue weighted by Crippen LogP contribution is 2.43. The van der Waals surface area contributed by atoms with Crippen LogP contribution in [-0.2, 0) is 27.4 Å². The second-order valence-corrected chi connectivity index (χ2v) is 10.7. The Bertz CT molecular complexity index is 1520. The van der Waals surface area contributed by atoms with E-state index in [1.54, 1.807) is 53.2 Å². The van der Waals surface area contributed by atoms with E-state index in [1.807, 2.05) is 0 Å². The molecule has 0 amide bonds. The Morgan fingerprint density at radius 1 is 1.03 bits per heavy atom. The van der Waals surface area contributed by atoms with Crippen LogP contribution in [0.5, 0.6) is 0 Å². The minimum atomic E-state index is -1.68. The molecule has 39 heavy (non-hydrogen) atoms. The Labute approximate surface area is 244 Å². The molecule has 3 N–H and O–H groups in total. The molecule has 2 aromatic heterocycles. The highest BCUT2D eigenvalue weighted by Gasteiger charge is 2.56. The Hall–Kier alpha value is -2.40. The zero-order chi connectivity index (χ0) is 27.7. The van der Waals surface area contributed by atoms with Gasteiger partial charge in [-0.3, -0.25) is 0 Å². The monoisotopic (exact) mass is 608 g/mol. The Kier molecular flexibility index (Phi) is 8.37. The fraction of sp³-hybridized carbons (Fsp3) is 0.259. The number of nitrogen functional groups attached to an aromatic ring is 1. The summed E-state index contributed by atoms with van der Waals surface area (Å²) in [6.07, 6.45) is 1.90. The quantitative estimate of drug-likeness (QED) is 0.216. The molecule has 4 atom stereocenters. The summed E-state index contributed by atoms with van der Waals surface area (Å²) >= 11 is 24.7. The van der Waals surface area contributed by atoms with Crippen molar-refractivity contribution in [3.05, 3.63) is 98.9 Å². The van der Waals surface area contributed by atoms with Crippen LogP contribution in [0.4, 0.5) is 5.82 Å². The number of rotatable bonds is 9. The summed E-state index contributed by atoms with van der Waals surface area (Å²) in [5.74, 6) is 0.309. The number of nitrogens with zero attached hydrogens (tertiary/aromatic N) is 3. The number of hydrogen-bond acceptors (Lipinski definition) is 7. The van der Waals surface area contributed by atoms with Crippen molar-refractivity contribution in [1.82, 2.24) is 14.5 Å². The second kappa shape index (κ2) is 11.6. The van der Waals surface area contributed by atoms with Gasteiger partial charge in [0.1, 0.15) is 30.0 Å². The average Bonchev–Trinajstić information content (AvgIpc) is 3.45. The minimum absolute atomic E-state index is 0.0704. The molecule has 5 rings (SSSR count). The van der Waals surface area contributed by atoms with E-state index in [0.29, 0.717) is 42.5 Å². The molecular weight excluding hydrogens is 586 g/mol. The zero-order valence-electron chi connectivity index (χ0n) is 20.4. The Balaban J connectivity index is 1.44. The lowest BCUT2D eigenvalue weighted by Gasteiger charge is -2.31. The highest BCUT2D eigenvalue weighted by molar-refractivity contribution is 6.35. The van der Waals surface area contributed by atoms with E-state index >= 15 is 0 Å². The van der Waals surface area contributed by atoms with Crippen LogP contribution in [0.15, 0.2) is 67.6 Å². The molecule has 0 bridgehead atoms. The van der Waals surface area contributed by atoms with Crippen molar-refractivity contribution in [2.75, 3.05) is 12.3 Å². The van der Waals surface area contributed by atoms with Gasteiger partial charge in [0.25, 0.3) is 0 Å². The third-order valence-electron chi connectivity index (χ3n) is 6.60.